The minimum Gasteiger partial charge on any atom is -0.464 e. The zero-order valence-electron chi connectivity index (χ0n) is 11.5. The Balaban J connectivity index is 1.79. The Morgan fingerprint density at radius 1 is 1.32 bits per heavy atom. The average molecular weight is 344 g/mol. The van der Waals surface area contributed by atoms with E-state index in [0.717, 1.165) is 25.5 Å². The molecule has 0 amide bonds. The molecule has 0 aromatic rings. The zero-order valence-corrected chi connectivity index (χ0v) is 12.3. The minimum absolute atomic E-state index is 0.0838. The van der Waals surface area contributed by atoms with Gasteiger partial charge in [0, 0.05) is 13.0 Å². The summed E-state index contributed by atoms with van der Waals surface area (Å²) in [5, 5.41) is 0. The van der Waals surface area contributed by atoms with Gasteiger partial charge in [-0.3, -0.25) is 0 Å². The van der Waals surface area contributed by atoms with Crippen LogP contribution >= 0.6 is 0 Å². The van der Waals surface area contributed by atoms with Crippen LogP contribution in [-0.4, -0.2) is 33.4 Å². The van der Waals surface area contributed by atoms with Gasteiger partial charge in [0.2, 0.25) is 0 Å². The Hall–Kier alpha value is -1.26. The molecule has 0 radical (unpaired) electrons. The van der Waals surface area contributed by atoms with Gasteiger partial charge in [0.1, 0.15) is 18.6 Å². The van der Waals surface area contributed by atoms with Crippen molar-refractivity contribution in [2.24, 2.45) is 0 Å². The minimum atomic E-state index is -5.67. The number of hydrogen-bond donors (Lipinski definition) is 0. The Labute approximate surface area is 125 Å². The van der Waals surface area contributed by atoms with E-state index in [2.05, 4.69) is 4.18 Å². The summed E-state index contributed by atoms with van der Waals surface area (Å²) in [7, 11) is -5.67. The van der Waals surface area contributed by atoms with E-state index in [9.17, 15) is 21.6 Å². The molecular weight excluding hydrogens is 329 g/mol. The smallest absolute Gasteiger partial charge is 0.464 e. The van der Waals surface area contributed by atoms with Crippen LogP contribution in [0.5, 0.6) is 0 Å². The first-order valence-electron chi connectivity index (χ1n) is 6.56. The predicted molar refractivity (Wildman–Crippen MR) is 67.5 cm³/mol. The fourth-order valence-corrected chi connectivity index (χ4v) is 2.29. The van der Waals surface area contributed by atoms with E-state index in [4.69, 9.17) is 14.2 Å². The summed E-state index contributed by atoms with van der Waals surface area (Å²) in [4.78, 5) is 0. The standard InChI is InChI=1S/C12H15F3O6S/c13-12(14,15)22(16,17)21-10-5-4-9(19-8-10)7-20-11-3-1-2-6-18-11/h4,8,11H,1-3,5-7H2. The molecule has 22 heavy (non-hydrogen) atoms. The molecule has 1 atom stereocenters. The van der Waals surface area contributed by atoms with Crippen molar-refractivity contribution < 1.29 is 40.0 Å². The molecule has 1 saturated heterocycles. The molecule has 2 aliphatic rings. The monoisotopic (exact) mass is 344 g/mol. The van der Waals surface area contributed by atoms with Gasteiger partial charge in [-0.15, -0.1) is 0 Å². The molecule has 2 aliphatic heterocycles. The lowest BCUT2D eigenvalue weighted by Gasteiger charge is -2.23. The third-order valence-electron chi connectivity index (χ3n) is 2.92. The molecule has 2 heterocycles. The van der Waals surface area contributed by atoms with Crippen LogP contribution in [0.2, 0.25) is 0 Å². The van der Waals surface area contributed by atoms with Gasteiger partial charge < -0.3 is 18.4 Å². The molecule has 0 aromatic carbocycles. The molecule has 0 aromatic heterocycles. The Morgan fingerprint density at radius 3 is 2.64 bits per heavy atom. The fourth-order valence-electron chi connectivity index (χ4n) is 1.80. The van der Waals surface area contributed by atoms with Gasteiger partial charge in [0.15, 0.2) is 12.0 Å². The van der Waals surface area contributed by atoms with Crippen LogP contribution in [0.15, 0.2) is 23.9 Å². The van der Waals surface area contributed by atoms with Crippen LogP contribution in [0.4, 0.5) is 13.2 Å². The van der Waals surface area contributed by atoms with E-state index in [1.54, 1.807) is 0 Å². The molecule has 2 rings (SSSR count). The largest absolute Gasteiger partial charge is 0.534 e. The van der Waals surface area contributed by atoms with Crippen LogP contribution in [-0.2, 0) is 28.5 Å². The zero-order chi connectivity index (χ0) is 16.2. The molecule has 0 bridgehead atoms. The maximum atomic E-state index is 12.2. The van der Waals surface area contributed by atoms with Crippen molar-refractivity contribution in [1.82, 2.24) is 0 Å². The predicted octanol–water partition coefficient (Wildman–Crippen LogP) is 2.54. The van der Waals surface area contributed by atoms with E-state index >= 15 is 0 Å². The number of alkyl halides is 3. The van der Waals surface area contributed by atoms with Gasteiger partial charge >= 0.3 is 15.6 Å². The summed E-state index contributed by atoms with van der Waals surface area (Å²) >= 11 is 0. The van der Waals surface area contributed by atoms with Gasteiger partial charge in [-0.05, 0) is 25.3 Å². The summed E-state index contributed by atoms with van der Waals surface area (Å²) in [5.41, 5.74) is -5.47. The summed E-state index contributed by atoms with van der Waals surface area (Å²) in [6.07, 6.45) is 4.49. The number of ether oxygens (including phenoxy) is 3. The normalized spacial score (nSPS) is 23.3. The third-order valence-corrected chi connectivity index (χ3v) is 3.92. The van der Waals surface area contributed by atoms with Crippen molar-refractivity contribution in [3.63, 3.8) is 0 Å². The van der Waals surface area contributed by atoms with Crippen molar-refractivity contribution in [2.45, 2.75) is 37.5 Å². The first kappa shape index (κ1) is 17.1. The average Bonchev–Trinajstić information content (AvgIpc) is 2.46. The van der Waals surface area contributed by atoms with Gasteiger partial charge in [-0.1, -0.05) is 0 Å². The van der Waals surface area contributed by atoms with E-state index in [1.807, 2.05) is 0 Å². The fraction of sp³-hybridized carbons (Fsp3) is 0.667. The molecule has 0 saturated carbocycles. The number of hydrogen-bond acceptors (Lipinski definition) is 6. The highest BCUT2D eigenvalue weighted by molar-refractivity contribution is 7.87. The molecule has 1 unspecified atom stereocenters. The summed E-state index contributed by atoms with van der Waals surface area (Å²) in [6, 6.07) is 0. The lowest BCUT2D eigenvalue weighted by atomic mass is 10.2. The quantitative estimate of drug-likeness (QED) is 0.564. The highest BCUT2D eigenvalue weighted by Crippen LogP contribution is 2.29. The van der Waals surface area contributed by atoms with Gasteiger partial charge in [0.05, 0.1) is 0 Å². The van der Waals surface area contributed by atoms with E-state index in [0.29, 0.717) is 12.4 Å². The highest BCUT2D eigenvalue weighted by atomic mass is 32.2. The summed E-state index contributed by atoms with van der Waals surface area (Å²) < 4.78 is 77.9. The molecule has 0 spiro atoms. The van der Waals surface area contributed by atoms with E-state index in [1.165, 1.54) is 6.08 Å². The molecular formula is C12H15F3O6S. The lowest BCUT2D eigenvalue weighted by Crippen LogP contribution is -2.26. The highest BCUT2D eigenvalue weighted by Gasteiger charge is 2.49. The molecule has 6 nitrogen and oxygen atoms in total. The SMILES string of the molecule is O=S(=O)(OC1=COC(COC2CCCCO2)=CC1)C(F)(F)F. The van der Waals surface area contributed by atoms with Crippen LogP contribution in [0.25, 0.3) is 0 Å². The topological polar surface area (TPSA) is 71.1 Å². The molecule has 0 N–H and O–H groups in total. The van der Waals surface area contributed by atoms with Crippen LogP contribution in [0, 0.1) is 0 Å². The van der Waals surface area contributed by atoms with Crippen molar-refractivity contribution >= 4 is 10.1 Å². The van der Waals surface area contributed by atoms with Crippen molar-refractivity contribution in [1.29, 1.82) is 0 Å². The van der Waals surface area contributed by atoms with Crippen LogP contribution in [0.1, 0.15) is 25.7 Å². The van der Waals surface area contributed by atoms with Gasteiger partial charge in [-0.25, -0.2) is 0 Å². The molecule has 126 valence electrons. The van der Waals surface area contributed by atoms with Crippen LogP contribution in [0.3, 0.4) is 0 Å². The van der Waals surface area contributed by atoms with E-state index in [-0.39, 0.29) is 19.3 Å². The second-order valence-corrected chi connectivity index (χ2v) is 6.20. The first-order valence-corrected chi connectivity index (χ1v) is 7.97. The maximum absolute atomic E-state index is 12.2. The Bertz CT molecular complexity index is 546. The maximum Gasteiger partial charge on any atom is 0.534 e. The molecule has 0 aliphatic carbocycles. The summed E-state index contributed by atoms with van der Waals surface area (Å²) in [5.74, 6) is -0.0964. The number of halogens is 3. The third kappa shape index (κ3) is 4.62. The first-order chi connectivity index (χ1) is 10.3. The van der Waals surface area contributed by atoms with Crippen molar-refractivity contribution in [3.05, 3.63) is 23.9 Å². The van der Waals surface area contributed by atoms with Crippen molar-refractivity contribution in [2.75, 3.05) is 13.2 Å². The number of rotatable bonds is 5. The Morgan fingerprint density at radius 2 is 2.09 bits per heavy atom. The van der Waals surface area contributed by atoms with Crippen molar-refractivity contribution in [3.8, 4) is 0 Å². The van der Waals surface area contributed by atoms with Gasteiger partial charge in [-0.2, -0.15) is 21.6 Å². The summed E-state index contributed by atoms with van der Waals surface area (Å²) in [6.45, 7) is 0.707. The lowest BCUT2D eigenvalue weighted by molar-refractivity contribution is -0.160. The molecule has 1 fully saturated rings. The molecule has 10 heteroatoms. The van der Waals surface area contributed by atoms with Crippen LogP contribution < -0.4 is 0 Å². The second kappa shape index (κ2) is 6.88. The van der Waals surface area contributed by atoms with E-state index < -0.39 is 21.4 Å². The Kier molecular flexibility index (Phi) is 5.35. The van der Waals surface area contributed by atoms with Gasteiger partial charge in [0.25, 0.3) is 0 Å². The second-order valence-electron chi connectivity index (χ2n) is 4.67. The number of allylic oxidation sites excluding steroid dienone is 1.